The standard InChI is InChI=1S/C16H18BrNO3/c1-20-12-7-11(17)10-8-18-5-4-16-3-2-9(19)6-13(16)21-15(12)14(10)16/h2-3,7,9,13,18-19H,4-6,8H2,1H3/t9-,13+,16+/m0/s1. The number of ether oxygens (including phenoxy) is 2. The van der Waals surface area contributed by atoms with Crippen molar-refractivity contribution in [2.24, 2.45) is 0 Å². The fraction of sp³-hybridized carbons (Fsp3) is 0.500. The van der Waals surface area contributed by atoms with E-state index >= 15 is 0 Å². The first-order chi connectivity index (χ1) is 10.2. The first kappa shape index (κ1) is 13.6. The summed E-state index contributed by atoms with van der Waals surface area (Å²) in [6.45, 7) is 1.75. The van der Waals surface area contributed by atoms with Crippen molar-refractivity contribution in [1.29, 1.82) is 0 Å². The molecule has 0 unspecified atom stereocenters. The topological polar surface area (TPSA) is 50.7 Å². The number of rotatable bonds is 1. The third-order valence-corrected chi connectivity index (χ3v) is 5.61. The molecule has 0 saturated carbocycles. The number of benzene rings is 1. The molecule has 3 aliphatic rings. The summed E-state index contributed by atoms with van der Waals surface area (Å²) in [5.41, 5.74) is 2.32. The zero-order valence-electron chi connectivity index (χ0n) is 11.9. The number of methoxy groups -OCH3 is 1. The van der Waals surface area contributed by atoms with Crippen molar-refractivity contribution in [3.05, 3.63) is 33.8 Å². The molecule has 2 aliphatic heterocycles. The molecule has 0 amide bonds. The second kappa shape index (κ2) is 4.73. The Morgan fingerprint density at radius 3 is 3.19 bits per heavy atom. The monoisotopic (exact) mass is 351 g/mol. The lowest BCUT2D eigenvalue weighted by Crippen LogP contribution is -2.42. The molecule has 4 rings (SSSR count). The highest BCUT2D eigenvalue weighted by atomic mass is 79.9. The molecule has 5 heteroatoms. The average molecular weight is 352 g/mol. The number of aliphatic hydroxyl groups excluding tert-OH is 1. The summed E-state index contributed by atoms with van der Waals surface area (Å²) < 4.78 is 12.8. The number of hydrogen-bond donors (Lipinski definition) is 2. The highest BCUT2D eigenvalue weighted by molar-refractivity contribution is 9.10. The van der Waals surface area contributed by atoms with Gasteiger partial charge >= 0.3 is 0 Å². The molecule has 2 heterocycles. The summed E-state index contributed by atoms with van der Waals surface area (Å²) in [6.07, 6.45) is 5.22. The molecule has 4 nitrogen and oxygen atoms in total. The van der Waals surface area contributed by atoms with Crippen molar-refractivity contribution in [2.75, 3.05) is 13.7 Å². The van der Waals surface area contributed by atoms with E-state index in [-0.39, 0.29) is 11.5 Å². The summed E-state index contributed by atoms with van der Waals surface area (Å²) in [4.78, 5) is 0. The smallest absolute Gasteiger partial charge is 0.166 e. The van der Waals surface area contributed by atoms with Crippen LogP contribution in [0.5, 0.6) is 11.5 Å². The van der Waals surface area contributed by atoms with E-state index in [2.05, 4.69) is 27.3 Å². The average Bonchev–Trinajstić information content (AvgIpc) is 2.67. The van der Waals surface area contributed by atoms with Crippen molar-refractivity contribution < 1.29 is 14.6 Å². The highest BCUT2D eigenvalue weighted by Gasteiger charge is 2.52. The molecular formula is C16H18BrNO3. The van der Waals surface area contributed by atoms with Crippen LogP contribution in [0.2, 0.25) is 0 Å². The van der Waals surface area contributed by atoms with Gasteiger partial charge in [-0.2, -0.15) is 0 Å². The first-order valence-electron chi connectivity index (χ1n) is 7.30. The SMILES string of the molecule is COc1cc(Br)c2c3c1O[C@@H]1C[C@@H](O)C=C[C@]31CCNC2. The summed E-state index contributed by atoms with van der Waals surface area (Å²) in [5, 5.41) is 13.5. The van der Waals surface area contributed by atoms with Crippen LogP contribution in [0.4, 0.5) is 0 Å². The number of nitrogens with one attached hydrogen (secondary N) is 1. The minimum Gasteiger partial charge on any atom is -0.493 e. The van der Waals surface area contributed by atoms with Gasteiger partial charge in [0.25, 0.3) is 0 Å². The summed E-state index contributed by atoms with van der Waals surface area (Å²) >= 11 is 3.67. The van der Waals surface area contributed by atoms with Crippen LogP contribution in [-0.2, 0) is 12.0 Å². The molecule has 0 radical (unpaired) electrons. The summed E-state index contributed by atoms with van der Waals surface area (Å²) in [5.74, 6) is 1.61. The molecule has 3 atom stereocenters. The second-order valence-corrected chi connectivity index (χ2v) is 6.83. The van der Waals surface area contributed by atoms with Crippen LogP contribution in [0.3, 0.4) is 0 Å². The van der Waals surface area contributed by atoms with Gasteiger partial charge in [-0.15, -0.1) is 0 Å². The maximum atomic E-state index is 9.96. The molecule has 0 fully saturated rings. The Bertz CT molecular complexity index is 630. The molecular weight excluding hydrogens is 334 g/mol. The Kier molecular flexibility index (Phi) is 3.07. The molecule has 1 spiro atoms. The van der Waals surface area contributed by atoms with Gasteiger partial charge in [-0.1, -0.05) is 28.1 Å². The Morgan fingerprint density at radius 1 is 1.52 bits per heavy atom. The van der Waals surface area contributed by atoms with Crippen LogP contribution < -0.4 is 14.8 Å². The van der Waals surface area contributed by atoms with Crippen molar-refractivity contribution in [1.82, 2.24) is 5.32 Å². The van der Waals surface area contributed by atoms with Crippen LogP contribution in [0.1, 0.15) is 24.0 Å². The minimum atomic E-state index is -0.427. The Hall–Kier alpha value is -1.04. The molecule has 112 valence electrons. The van der Waals surface area contributed by atoms with Crippen LogP contribution in [0.25, 0.3) is 0 Å². The molecule has 0 saturated heterocycles. The van der Waals surface area contributed by atoms with Gasteiger partial charge in [0, 0.05) is 23.0 Å². The third-order valence-electron chi connectivity index (χ3n) is 4.91. The van der Waals surface area contributed by atoms with Gasteiger partial charge in [0.1, 0.15) is 6.10 Å². The molecule has 1 aromatic carbocycles. The fourth-order valence-corrected chi connectivity index (χ4v) is 4.44. The zero-order valence-corrected chi connectivity index (χ0v) is 13.4. The van der Waals surface area contributed by atoms with Gasteiger partial charge < -0.3 is 19.9 Å². The molecule has 0 aromatic heterocycles. The number of aliphatic hydroxyl groups is 1. The number of hydrogen-bond acceptors (Lipinski definition) is 4. The number of halogens is 1. The second-order valence-electron chi connectivity index (χ2n) is 5.98. The highest BCUT2D eigenvalue weighted by Crippen LogP contribution is 2.56. The van der Waals surface area contributed by atoms with Crippen molar-refractivity contribution >= 4 is 15.9 Å². The van der Waals surface area contributed by atoms with Gasteiger partial charge in [0.05, 0.1) is 18.6 Å². The molecule has 0 bridgehead atoms. The van der Waals surface area contributed by atoms with E-state index in [1.165, 1.54) is 11.1 Å². The predicted octanol–water partition coefficient (Wildman–Crippen LogP) is 2.27. The van der Waals surface area contributed by atoms with E-state index in [9.17, 15) is 5.11 Å². The lowest BCUT2D eigenvalue weighted by Gasteiger charge is -2.35. The van der Waals surface area contributed by atoms with Gasteiger partial charge in [-0.25, -0.2) is 0 Å². The molecule has 2 N–H and O–H groups in total. The Balaban J connectivity index is 2.00. The van der Waals surface area contributed by atoms with E-state index < -0.39 is 6.10 Å². The van der Waals surface area contributed by atoms with Gasteiger partial charge in [-0.05, 0) is 24.6 Å². The van der Waals surface area contributed by atoms with Crippen molar-refractivity contribution in [2.45, 2.75) is 37.0 Å². The van der Waals surface area contributed by atoms with Crippen LogP contribution in [-0.4, -0.2) is 31.0 Å². The molecule has 21 heavy (non-hydrogen) atoms. The maximum Gasteiger partial charge on any atom is 0.166 e. The van der Waals surface area contributed by atoms with Crippen molar-refractivity contribution in [3.63, 3.8) is 0 Å². The fourth-order valence-electron chi connectivity index (χ4n) is 3.90. The first-order valence-corrected chi connectivity index (χ1v) is 8.09. The molecule has 1 aliphatic carbocycles. The van der Waals surface area contributed by atoms with E-state index in [0.29, 0.717) is 6.42 Å². The predicted molar refractivity (Wildman–Crippen MR) is 82.9 cm³/mol. The Labute approximate surface area is 132 Å². The minimum absolute atomic E-state index is 0.0191. The maximum absolute atomic E-state index is 9.96. The normalized spacial score (nSPS) is 32.9. The summed E-state index contributed by atoms with van der Waals surface area (Å²) in [6, 6.07) is 1.98. The lowest BCUT2D eigenvalue weighted by atomic mass is 9.69. The zero-order chi connectivity index (χ0) is 14.6. The Morgan fingerprint density at radius 2 is 2.38 bits per heavy atom. The van der Waals surface area contributed by atoms with Gasteiger partial charge in [0.2, 0.25) is 0 Å². The lowest BCUT2D eigenvalue weighted by molar-refractivity contribution is 0.0851. The van der Waals surface area contributed by atoms with Gasteiger partial charge in [-0.3, -0.25) is 0 Å². The van der Waals surface area contributed by atoms with E-state index in [4.69, 9.17) is 9.47 Å². The van der Waals surface area contributed by atoms with E-state index in [1.807, 2.05) is 12.1 Å². The largest absolute Gasteiger partial charge is 0.493 e. The third kappa shape index (κ3) is 1.81. The molecule has 1 aromatic rings. The van der Waals surface area contributed by atoms with Crippen LogP contribution >= 0.6 is 15.9 Å². The van der Waals surface area contributed by atoms with Crippen LogP contribution in [0, 0.1) is 0 Å². The quantitative estimate of drug-likeness (QED) is 0.762. The van der Waals surface area contributed by atoms with Crippen molar-refractivity contribution in [3.8, 4) is 11.5 Å². The summed E-state index contributed by atoms with van der Waals surface area (Å²) in [7, 11) is 1.67. The van der Waals surface area contributed by atoms with Crippen LogP contribution in [0.15, 0.2) is 22.7 Å². The van der Waals surface area contributed by atoms with Gasteiger partial charge in [0.15, 0.2) is 11.5 Å². The van der Waals surface area contributed by atoms with E-state index in [1.54, 1.807) is 7.11 Å². The van der Waals surface area contributed by atoms with E-state index in [0.717, 1.165) is 35.5 Å².